The van der Waals surface area contributed by atoms with E-state index in [2.05, 4.69) is 6.07 Å². The highest BCUT2D eigenvalue weighted by molar-refractivity contribution is 7.89. The summed E-state index contributed by atoms with van der Waals surface area (Å²) in [6, 6.07) is 4.60. The summed E-state index contributed by atoms with van der Waals surface area (Å²) >= 11 is 1.70. The molecule has 0 unspecified atom stereocenters. The zero-order valence-corrected chi connectivity index (χ0v) is 15.0. The van der Waals surface area contributed by atoms with Crippen LogP contribution in [0.2, 0.25) is 0 Å². The summed E-state index contributed by atoms with van der Waals surface area (Å²) in [6.07, 6.45) is 1.94. The zero-order chi connectivity index (χ0) is 17.7. The molecule has 0 N–H and O–H groups in total. The van der Waals surface area contributed by atoms with Gasteiger partial charge in [0, 0.05) is 30.5 Å². The van der Waals surface area contributed by atoms with Crippen molar-refractivity contribution in [1.82, 2.24) is 4.31 Å². The molecule has 4 nitrogen and oxygen atoms in total. The number of thiophene rings is 1. The highest BCUT2D eigenvalue weighted by Crippen LogP contribution is 2.44. The molecule has 3 heterocycles. The minimum Gasteiger partial charge on any atom is -0.370 e. The summed E-state index contributed by atoms with van der Waals surface area (Å²) in [7, 11) is -3.99. The van der Waals surface area contributed by atoms with Crippen molar-refractivity contribution in [2.24, 2.45) is 0 Å². The molecule has 2 aliphatic rings. The number of sulfonamides is 1. The van der Waals surface area contributed by atoms with Crippen LogP contribution in [0.4, 0.5) is 8.78 Å². The van der Waals surface area contributed by atoms with Crippen molar-refractivity contribution in [1.29, 1.82) is 0 Å². The average Bonchev–Trinajstić information content (AvgIpc) is 3.05. The highest BCUT2D eigenvalue weighted by Gasteiger charge is 2.44. The fraction of sp³-hybridized carbons (Fsp3) is 0.412. The van der Waals surface area contributed by atoms with Crippen LogP contribution in [-0.4, -0.2) is 32.4 Å². The monoisotopic (exact) mass is 385 g/mol. The summed E-state index contributed by atoms with van der Waals surface area (Å²) in [5, 5.41) is 2.04. The van der Waals surface area contributed by atoms with Crippen molar-refractivity contribution in [2.45, 2.75) is 29.8 Å². The van der Waals surface area contributed by atoms with Gasteiger partial charge >= 0.3 is 0 Å². The summed E-state index contributed by atoms with van der Waals surface area (Å²) < 4.78 is 59.7. The largest absolute Gasteiger partial charge is 0.370 e. The van der Waals surface area contributed by atoms with Crippen LogP contribution in [0.15, 0.2) is 34.5 Å². The van der Waals surface area contributed by atoms with E-state index in [0.717, 1.165) is 24.1 Å². The van der Waals surface area contributed by atoms with Crippen molar-refractivity contribution < 1.29 is 21.9 Å². The standard InChI is InChI=1S/C17H17F2NO3S2/c18-12-1-2-16(14(19)11-12)25(21,22)20-7-5-17(6-8-20)13-4-10-24-15(13)3-9-23-17/h1-2,4,10-11H,3,5-9H2. The summed E-state index contributed by atoms with van der Waals surface area (Å²) in [5.74, 6) is -1.86. The maximum absolute atomic E-state index is 13.9. The molecular weight excluding hydrogens is 368 g/mol. The molecule has 1 aromatic heterocycles. The van der Waals surface area contributed by atoms with E-state index >= 15 is 0 Å². The van der Waals surface area contributed by atoms with Gasteiger partial charge in [-0.2, -0.15) is 4.31 Å². The third kappa shape index (κ3) is 2.81. The fourth-order valence-corrected chi connectivity index (χ4v) is 6.12. The molecule has 1 spiro atoms. The van der Waals surface area contributed by atoms with E-state index in [4.69, 9.17) is 4.74 Å². The Morgan fingerprint density at radius 2 is 1.92 bits per heavy atom. The third-order valence-corrected chi connectivity index (χ3v) is 7.90. The van der Waals surface area contributed by atoms with Crippen LogP contribution in [-0.2, 0) is 26.8 Å². The van der Waals surface area contributed by atoms with Gasteiger partial charge in [-0.3, -0.25) is 0 Å². The Morgan fingerprint density at radius 3 is 2.64 bits per heavy atom. The normalized spacial score (nSPS) is 20.6. The first-order valence-electron chi connectivity index (χ1n) is 8.08. The van der Waals surface area contributed by atoms with Crippen molar-refractivity contribution >= 4 is 21.4 Å². The molecule has 1 fully saturated rings. The second-order valence-corrected chi connectivity index (χ2v) is 9.24. The fourth-order valence-electron chi connectivity index (χ4n) is 3.68. The Kier molecular flexibility index (Phi) is 4.18. The third-order valence-electron chi connectivity index (χ3n) is 4.99. The molecule has 0 amide bonds. The molecule has 4 rings (SSSR count). The number of nitrogens with zero attached hydrogens (tertiary/aromatic N) is 1. The van der Waals surface area contributed by atoms with E-state index < -0.39 is 32.2 Å². The molecular formula is C17H17F2NO3S2. The molecule has 0 atom stereocenters. The van der Waals surface area contributed by atoms with Crippen LogP contribution in [0.1, 0.15) is 23.3 Å². The zero-order valence-electron chi connectivity index (χ0n) is 13.4. The van der Waals surface area contributed by atoms with Crippen LogP contribution in [0, 0.1) is 11.6 Å². The van der Waals surface area contributed by atoms with Crippen LogP contribution in [0.25, 0.3) is 0 Å². The van der Waals surface area contributed by atoms with Crippen LogP contribution in [0.3, 0.4) is 0 Å². The Bertz CT molecular complexity index is 902. The van der Waals surface area contributed by atoms with Crippen LogP contribution in [0.5, 0.6) is 0 Å². The van der Waals surface area contributed by atoms with Crippen molar-refractivity contribution in [3.05, 3.63) is 51.7 Å². The van der Waals surface area contributed by atoms with Crippen molar-refractivity contribution in [3.63, 3.8) is 0 Å². The molecule has 0 radical (unpaired) electrons. The van der Waals surface area contributed by atoms with Gasteiger partial charge in [0.2, 0.25) is 10.0 Å². The molecule has 1 saturated heterocycles. The SMILES string of the molecule is O=S(=O)(c1ccc(F)cc1F)N1CCC2(CC1)OCCc1sccc12. The first-order valence-corrected chi connectivity index (χ1v) is 10.4. The molecule has 25 heavy (non-hydrogen) atoms. The molecule has 8 heteroatoms. The molecule has 2 aromatic rings. The lowest BCUT2D eigenvalue weighted by molar-refractivity contribution is -0.0882. The Morgan fingerprint density at radius 1 is 1.16 bits per heavy atom. The quantitative estimate of drug-likeness (QED) is 0.797. The maximum Gasteiger partial charge on any atom is 0.245 e. The number of benzene rings is 1. The van der Waals surface area contributed by atoms with E-state index in [1.54, 1.807) is 11.3 Å². The number of fused-ring (bicyclic) bond motifs is 2. The molecule has 0 saturated carbocycles. The first-order chi connectivity index (χ1) is 11.9. The Labute approximate surface area is 149 Å². The summed E-state index contributed by atoms with van der Waals surface area (Å²) in [6.45, 7) is 1.12. The van der Waals surface area contributed by atoms with E-state index in [0.29, 0.717) is 25.5 Å². The predicted octanol–water partition coefficient (Wildman–Crippen LogP) is 3.28. The maximum atomic E-state index is 13.9. The number of ether oxygens (including phenoxy) is 1. The van der Waals surface area contributed by atoms with E-state index in [1.165, 1.54) is 9.18 Å². The van der Waals surface area contributed by atoms with Crippen molar-refractivity contribution in [2.75, 3.05) is 19.7 Å². The molecule has 1 aromatic carbocycles. The Balaban J connectivity index is 1.58. The van der Waals surface area contributed by atoms with Gasteiger partial charge in [0.15, 0.2) is 0 Å². The molecule has 2 aliphatic heterocycles. The minimum atomic E-state index is -3.99. The second kappa shape index (κ2) is 6.12. The first kappa shape index (κ1) is 17.1. The Hall–Kier alpha value is -1.35. The molecule has 0 bridgehead atoms. The lowest BCUT2D eigenvalue weighted by Crippen LogP contribution is -2.48. The second-order valence-electron chi connectivity index (χ2n) is 6.33. The number of halogens is 2. The van der Waals surface area contributed by atoms with Gasteiger partial charge in [-0.05, 0) is 42.0 Å². The topological polar surface area (TPSA) is 46.6 Å². The lowest BCUT2D eigenvalue weighted by Gasteiger charge is -2.43. The van der Waals surface area contributed by atoms with Crippen LogP contribution < -0.4 is 0 Å². The molecule has 0 aliphatic carbocycles. The van der Waals surface area contributed by atoms with Gasteiger partial charge in [0.1, 0.15) is 16.5 Å². The van der Waals surface area contributed by atoms with Gasteiger partial charge in [0.25, 0.3) is 0 Å². The summed E-state index contributed by atoms with van der Waals surface area (Å²) in [4.78, 5) is 0.817. The predicted molar refractivity (Wildman–Crippen MR) is 90.0 cm³/mol. The van der Waals surface area contributed by atoms with Gasteiger partial charge in [-0.15, -0.1) is 11.3 Å². The average molecular weight is 385 g/mol. The smallest absolute Gasteiger partial charge is 0.245 e. The number of hydrogen-bond acceptors (Lipinski definition) is 4. The van der Waals surface area contributed by atoms with Crippen LogP contribution >= 0.6 is 11.3 Å². The highest BCUT2D eigenvalue weighted by atomic mass is 32.2. The van der Waals surface area contributed by atoms with Gasteiger partial charge < -0.3 is 4.74 Å². The lowest BCUT2D eigenvalue weighted by atomic mass is 9.83. The van der Waals surface area contributed by atoms with Gasteiger partial charge in [-0.25, -0.2) is 17.2 Å². The van der Waals surface area contributed by atoms with Gasteiger partial charge in [-0.1, -0.05) is 0 Å². The molecule has 134 valence electrons. The van der Waals surface area contributed by atoms with Gasteiger partial charge in [0.05, 0.1) is 12.2 Å². The number of hydrogen-bond donors (Lipinski definition) is 0. The number of rotatable bonds is 2. The minimum absolute atomic E-state index is 0.244. The van der Waals surface area contributed by atoms with E-state index in [9.17, 15) is 17.2 Å². The number of piperidine rings is 1. The van der Waals surface area contributed by atoms with E-state index in [1.807, 2.05) is 5.38 Å². The van der Waals surface area contributed by atoms with E-state index in [-0.39, 0.29) is 13.1 Å². The summed E-state index contributed by atoms with van der Waals surface area (Å²) in [5.41, 5.74) is 0.717. The van der Waals surface area contributed by atoms with Crippen molar-refractivity contribution in [3.8, 4) is 0 Å².